The first kappa shape index (κ1) is 14.4. The van der Waals surface area contributed by atoms with Gasteiger partial charge in [-0.3, -0.25) is 4.79 Å². The number of benzene rings is 1. The zero-order valence-electron chi connectivity index (χ0n) is 11.4. The SMILES string of the molecule is CC(C)(C(=O)NCC(N)C1CC1)c1cccc(Cl)c1. The minimum atomic E-state index is -0.603. The van der Waals surface area contributed by atoms with E-state index in [0.717, 1.165) is 5.56 Å². The number of rotatable bonds is 5. The molecule has 0 spiro atoms. The van der Waals surface area contributed by atoms with E-state index in [1.165, 1.54) is 12.8 Å². The minimum Gasteiger partial charge on any atom is -0.354 e. The van der Waals surface area contributed by atoms with Gasteiger partial charge in [-0.05, 0) is 50.3 Å². The smallest absolute Gasteiger partial charge is 0.230 e. The van der Waals surface area contributed by atoms with Crippen molar-refractivity contribution in [3.05, 3.63) is 34.9 Å². The summed E-state index contributed by atoms with van der Waals surface area (Å²) in [6, 6.07) is 7.51. The van der Waals surface area contributed by atoms with Gasteiger partial charge in [0.25, 0.3) is 0 Å². The van der Waals surface area contributed by atoms with Gasteiger partial charge >= 0.3 is 0 Å². The molecule has 3 N–H and O–H groups in total. The van der Waals surface area contributed by atoms with E-state index in [4.69, 9.17) is 17.3 Å². The number of hydrogen-bond donors (Lipinski definition) is 2. The van der Waals surface area contributed by atoms with Crippen molar-refractivity contribution in [2.24, 2.45) is 11.7 Å². The molecular weight excluding hydrogens is 260 g/mol. The molecule has 19 heavy (non-hydrogen) atoms. The quantitative estimate of drug-likeness (QED) is 0.871. The maximum atomic E-state index is 12.3. The van der Waals surface area contributed by atoms with E-state index in [0.29, 0.717) is 17.5 Å². The Kier molecular flexibility index (Phi) is 4.16. The van der Waals surface area contributed by atoms with Gasteiger partial charge < -0.3 is 11.1 Å². The normalized spacial score (nSPS) is 17.1. The second kappa shape index (κ2) is 5.51. The van der Waals surface area contributed by atoms with Crippen LogP contribution in [0.5, 0.6) is 0 Å². The monoisotopic (exact) mass is 280 g/mol. The van der Waals surface area contributed by atoms with Crippen LogP contribution >= 0.6 is 11.6 Å². The van der Waals surface area contributed by atoms with Gasteiger partial charge in [0.2, 0.25) is 5.91 Å². The molecule has 3 nitrogen and oxygen atoms in total. The lowest BCUT2D eigenvalue weighted by Crippen LogP contribution is -2.45. The zero-order valence-corrected chi connectivity index (χ0v) is 12.2. The fourth-order valence-electron chi connectivity index (χ4n) is 2.13. The molecule has 1 saturated carbocycles. The second-order valence-corrected chi connectivity index (χ2v) is 6.28. The summed E-state index contributed by atoms with van der Waals surface area (Å²) < 4.78 is 0. The van der Waals surface area contributed by atoms with E-state index >= 15 is 0 Å². The Labute approximate surface area is 119 Å². The highest BCUT2D eigenvalue weighted by Gasteiger charge is 2.32. The number of carbonyl (C=O) groups excluding carboxylic acids is 1. The molecule has 0 radical (unpaired) electrons. The van der Waals surface area contributed by atoms with Crippen LogP contribution < -0.4 is 11.1 Å². The lowest BCUT2D eigenvalue weighted by molar-refractivity contribution is -0.125. The highest BCUT2D eigenvalue weighted by Crippen LogP contribution is 2.31. The van der Waals surface area contributed by atoms with E-state index in [-0.39, 0.29) is 11.9 Å². The molecule has 1 aromatic rings. The Bertz CT molecular complexity index is 469. The average molecular weight is 281 g/mol. The third-order valence-electron chi connectivity index (χ3n) is 3.84. The molecule has 0 aromatic heterocycles. The van der Waals surface area contributed by atoms with Gasteiger partial charge in [0.1, 0.15) is 0 Å². The molecule has 0 aliphatic heterocycles. The third-order valence-corrected chi connectivity index (χ3v) is 4.07. The summed E-state index contributed by atoms with van der Waals surface area (Å²) in [5.74, 6) is 0.584. The molecular formula is C15H21ClN2O. The predicted octanol–water partition coefficient (Wildman–Crippen LogP) is 2.47. The first-order chi connectivity index (χ1) is 8.91. The number of carbonyl (C=O) groups is 1. The maximum absolute atomic E-state index is 12.3. The maximum Gasteiger partial charge on any atom is 0.230 e. The van der Waals surface area contributed by atoms with Crippen LogP contribution in [0.1, 0.15) is 32.3 Å². The Morgan fingerprint density at radius 2 is 2.21 bits per heavy atom. The van der Waals surface area contributed by atoms with Crippen molar-refractivity contribution in [1.29, 1.82) is 0 Å². The number of halogens is 1. The summed E-state index contributed by atoms with van der Waals surface area (Å²) in [5, 5.41) is 3.60. The molecule has 0 bridgehead atoms. The lowest BCUT2D eigenvalue weighted by atomic mass is 9.83. The first-order valence-corrected chi connectivity index (χ1v) is 7.09. The Hall–Kier alpha value is -1.06. The van der Waals surface area contributed by atoms with Crippen LogP contribution in [-0.4, -0.2) is 18.5 Å². The molecule has 1 unspecified atom stereocenters. The van der Waals surface area contributed by atoms with Gasteiger partial charge in [-0.15, -0.1) is 0 Å². The van der Waals surface area contributed by atoms with Crippen molar-refractivity contribution in [2.75, 3.05) is 6.54 Å². The molecule has 1 aliphatic rings. The summed E-state index contributed by atoms with van der Waals surface area (Å²) in [5.41, 5.74) is 6.31. The van der Waals surface area contributed by atoms with Crippen LogP contribution in [0.15, 0.2) is 24.3 Å². The summed E-state index contributed by atoms with van der Waals surface area (Å²) in [7, 11) is 0. The van der Waals surface area contributed by atoms with Crippen molar-refractivity contribution in [3.63, 3.8) is 0 Å². The predicted molar refractivity (Wildman–Crippen MR) is 78.2 cm³/mol. The van der Waals surface area contributed by atoms with Crippen LogP contribution in [0.4, 0.5) is 0 Å². The van der Waals surface area contributed by atoms with Crippen LogP contribution in [0, 0.1) is 5.92 Å². The molecule has 0 saturated heterocycles. The highest BCUT2D eigenvalue weighted by atomic mass is 35.5. The Morgan fingerprint density at radius 3 is 2.79 bits per heavy atom. The van der Waals surface area contributed by atoms with Crippen LogP contribution in [0.25, 0.3) is 0 Å². The third kappa shape index (κ3) is 3.48. The van der Waals surface area contributed by atoms with Crippen molar-refractivity contribution in [3.8, 4) is 0 Å². The minimum absolute atomic E-state index is 0.00846. The van der Waals surface area contributed by atoms with Crippen LogP contribution in [0.3, 0.4) is 0 Å². The van der Waals surface area contributed by atoms with Crippen molar-refractivity contribution in [2.45, 2.75) is 38.1 Å². The largest absolute Gasteiger partial charge is 0.354 e. The average Bonchev–Trinajstić information content (AvgIpc) is 3.19. The zero-order chi connectivity index (χ0) is 14.0. The van der Waals surface area contributed by atoms with Gasteiger partial charge in [-0.2, -0.15) is 0 Å². The number of nitrogens with one attached hydrogen (secondary N) is 1. The molecule has 1 aromatic carbocycles. The molecule has 1 amide bonds. The molecule has 0 heterocycles. The topological polar surface area (TPSA) is 55.1 Å². The van der Waals surface area contributed by atoms with Crippen molar-refractivity contribution in [1.82, 2.24) is 5.32 Å². The van der Waals surface area contributed by atoms with Crippen molar-refractivity contribution >= 4 is 17.5 Å². The molecule has 1 aliphatic carbocycles. The fraction of sp³-hybridized carbons (Fsp3) is 0.533. The first-order valence-electron chi connectivity index (χ1n) is 6.71. The summed E-state index contributed by atoms with van der Waals surface area (Å²) in [6.45, 7) is 4.35. The van der Waals surface area contributed by atoms with Crippen molar-refractivity contribution < 1.29 is 4.79 Å². The van der Waals surface area contributed by atoms with E-state index in [2.05, 4.69) is 5.32 Å². The molecule has 2 rings (SSSR count). The summed E-state index contributed by atoms with van der Waals surface area (Å²) in [6.07, 6.45) is 2.38. The number of hydrogen-bond acceptors (Lipinski definition) is 2. The Balaban J connectivity index is 1.99. The summed E-state index contributed by atoms with van der Waals surface area (Å²) >= 11 is 5.98. The second-order valence-electron chi connectivity index (χ2n) is 5.85. The van der Waals surface area contributed by atoms with E-state index < -0.39 is 5.41 Å². The lowest BCUT2D eigenvalue weighted by Gasteiger charge is -2.25. The van der Waals surface area contributed by atoms with Gasteiger partial charge in [0.05, 0.1) is 5.41 Å². The fourth-order valence-corrected chi connectivity index (χ4v) is 2.32. The van der Waals surface area contributed by atoms with E-state index in [9.17, 15) is 4.79 Å². The van der Waals surface area contributed by atoms with Gasteiger partial charge in [0, 0.05) is 17.6 Å². The number of nitrogens with two attached hydrogens (primary N) is 1. The van der Waals surface area contributed by atoms with E-state index in [1.807, 2.05) is 38.1 Å². The summed E-state index contributed by atoms with van der Waals surface area (Å²) in [4.78, 5) is 12.3. The standard InChI is InChI=1S/C15H21ClN2O/c1-15(2,11-4-3-5-12(16)8-11)14(19)18-9-13(17)10-6-7-10/h3-5,8,10,13H,6-7,9,17H2,1-2H3,(H,18,19). The molecule has 104 valence electrons. The van der Waals surface area contributed by atoms with Crippen LogP contribution in [-0.2, 0) is 10.2 Å². The van der Waals surface area contributed by atoms with Gasteiger partial charge in [-0.1, -0.05) is 23.7 Å². The molecule has 1 atom stereocenters. The molecule has 4 heteroatoms. The molecule has 1 fully saturated rings. The van der Waals surface area contributed by atoms with Gasteiger partial charge in [-0.25, -0.2) is 0 Å². The highest BCUT2D eigenvalue weighted by molar-refractivity contribution is 6.30. The van der Waals surface area contributed by atoms with Crippen LogP contribution in [0.2, 0.25) is 5.02 Å². The Morgan fingerprint density at radius 1 is 1.53 bits per heavy atom. The van der Waals surface area contributed by atoms with E-state index in [1.54, 1.807) is 0 Å². The number of amides is 1. The van der Waals surface area contributed by atoms with Gasteiger partial charge in [0.15, 0.2) is 0 Å².